The smallest absolute Gasteiger partial charge is 0.254 e. The van der Waals surface area contributed by atoms with E-state index in [4.69, 9.17) is 0 Å². The molecule has 136 valence electrons. The van der Waals surface area contributed by atoms with E-state index in [1.807, 2.05) is 19.1 Å². The van der Waals surface area contributed by atoms with E-state index < -0.39 is 0 Å². The molecule has 27 heavy (non-hydrogen) atoms. The first-order chi connectivity index (χ1) is 13.1. The maximum Gasteiger partial charge on any atom is 0.254 e. The molecule has 1 N–H and O–H groups in total. The number of fused-ring (bicyclic) bond motifs is 1. The van der Waals surface area contributed by atoms with E-state index in [1.54, 1.807) is 16.6 Å². The van der Waals surface area contributed by atoms with Crippen LogP contribution in [0.2, 0.25) is 0 Å². The minimum atomic E-state index is -0.263. The number of hydrogen-bond donors (Lipinski definition) is 1. The summed E-state index contributed by atoms with van der Waals surface area (Å²) in [5.74, 6) is 1.02. The van der Waals surface area contributed by atoms with Gasteiger partial charge >= 0.3 is 0 Å². The second-order valence-corrected chi connectivity index (χ2v) is 6.48. The molecule has 0 aliphatic rings. The number of hydrogen-bond acceptors (Lipinski definition) is 4. The molecule has 0 radical (unpaired) electrons. The fourth-order valence-corrected chi connectivity index (χ4v) is 3.17. The van der Waals surface area contributed by atoms with Crippen molar-refractivity contribution in [1.29, 1.82) is 0 Å². The quantitative estimate of drug-likeness (QED) is 0.575. The first kappa shape index (κ1) is 17.1. The van der Waals surface area contributed by atoms with Crippen LogP contribution in [0.15, 0.2) is 60.9 Å². The Morgan fingerprint density at radius 3 is 2.63 bits per heavy atom. The Labute approximate surface area is 156 Å². The van der Waals surface area contributed by atoms with Gasteiger partial charge in [0.25, 0.3) is 5.78 Å². The van der Waals surface area contributed by atoms with Crippen molar-refractivity contribution < 1.29 is 4.39 Å². The predicted octanol–water partition coefficient (Wildman–Crippen LogP) is 4.34. The molecule has 5 nitrogen and oxygen atoms in total. The van der Waals surface area contributed by atoms with Crippen LogP contribution < -0.4 is 5.32 Å². The van der Waals surface area contributed by atoms with Gasteiger partial charge in [-0.3, -0.25) is 0 Å². The van der Waals surface area contributed by atoms with E-state index >= 15 is 0 Å². The molecule has 2 aromatic heterocycles. The highest BCUT2D eigenvalue weighted by atomic mass is 19.1. The van der Waals surface area contributed by atoms with Gasteiger partial charge in [-0.25, -0.2) is 9.37 Å². The lowest BCUT2D eigenvalue weighted by Crippen LogP contribution is -2.16. The normalized spacial score (nSPS) is 12.3. The van der Waals surface area contributed by atoms with Gasteiger partial charge < -0.3 is 5.32 Å². The van der Waals surface area contributed by atoms with E-state index in [-0.39, 0.29) is 11.9 Å². The summed E-state index contributed by atoms with van der Waals surface area (Å²) in [7, 11) is 0. The molecule has 6 heteroatoms. The highest BCUT2D eigenvalue weighted by Gasteiger charge is 2.17. The summed E-state index contributed by atoms with van der Waals surface area (Å²) in [5.41, 5.74) is 3.97. The molecule has 0 unspecified atom stereocenters. The topological polar surface area (TPSA) is 55.1 Å². The minimum absolute atomic E-state index is 0.235. The van der Waals surface area contributed by atoms with Crippen LogP contribution in [0.25, 0.3) is 5.78 Å². The van der Waals surface area contributed by atoms with Crippen molar-refractivity contribution in [2.75, 3.05) is 5.32 Å². The van der Waals surface area contributed by atoms with Gasteiger partial charge in [-0.15, -0.1) is 0 Å². The molecule has 0 bridgehead atoms. The predicted molar refractivity (Wildman–Crippen MR) is 103 cm³/mol. The molecule has 0 amide bonds. The van der Waals surface area contributed by atoms with Crippen LogP contribution in [0.4, 0.5) is 10.2 Å². The minimum Gasteiger partial charge on any atom is -0.359 e. The third-order valence-electron chi connectivity index (χ3n) is 4.58. The van der Waals surface area contributed by atoms with E-state index in [1.165, 1.54) is 18.0 Å². The summed E-state index contributed by atoms with van der Waals surface area (Å²) in [6.07, 6.45) is 2.45. The van der Waals surface area contributed by atoms with Crippen LogP contribution in [0, 0.1) is 12.7 Å². The monoisotopic (exact) mass is 361 g/mol. The fourth-order valence-electron chi connectivity index (χ4n) is 3.17. The van der Waals surface area contributed by atoms with E-state index in [2.05, 4.69) is 51.6 Å². The van der Waals surface area contributed by atoms with Crippen LogP contribution in [0.3, 0.4) is 0 Å². The number of halogens is 1. The molecule has 0 saturated carbocycles. The second kappa shape index (κ2) is 7.15. The maximum atomic E-state index is 13.9. The van der Waals surface area contributed by atoms with E-state index in [0.717, 1.165) is 29.1 Å². The largest absolute Gasteiger partial charge is 0.359 e. The van der Waals surface area contributed by atoms with Crippen LogP contribution in [-0.4, -0.2) is 19.6 Å². The molecular weight excluding hydrogens is 341 g/mol. The van der Waals surface area contributed by atoms with Gasteiger partial charge in [0.2, 0.25) is 0 Å². The summed E-state index contributed by atoms with van der Waals surface area (Å²) in [4.78, 5) is 8.55. The summed E-state index contributed by atoms with van der Waals surface area (Å²) in [5, 5.41) is 7.75. The average molecular weight is 361 g/mol. The summed E-state index contributed by atoms with van der Waals surface area (Å²) in [6, 6.07) is 16.7. The lowest BCUT2D eigenvalue weighted by atomic mass is 9.97. The number of aryl methyl sites for hydroxylation is 2. The average Bonchev–Trinajstić information content (AvgIpc) is 3.14. The van der Waals surface area contributed by atoms with Gasteiger partial charge in [-0.05, 0) is 42.2 Å². The van der Waals surface area contributed by atoms with Crippen molar-refractivity contribution in [3.05, 3.63) is 89.1 Å². The molecule has 4 rings (SSSR count). The summed E-state index contributed by atoms with van der Waals surface area (Å²) < 4.78 is 15.6. The highest BCUT2D eigenvalue weighted by molar-refractivity contribution is 5.49. The van der Waals surface area contributed by atoms with Crippen LogP contribution in [0.5, 0.6) is 0 Å². The Bertz CT molecular complexity index is 1070. The standard InChI is InChI=1S/C21H20FN5/c1-3-15-7-9-16(10-8-15)20(17-5-4-6-18(22)12-17)26-19-11-14(2)25-21-23-13-24-27(19)21/h4-13,20,26H,3H2,1-2H3/t20-/m1/s1. The van der Waals surface area contributed by atoms with Crippen LogP contribution in [0.1, 0.15) is 35.3 Å². The number of nitrogens with zero attached hydrogens (tertiary/aromatic N) is 4. The molecule has 2 heterocycles. The third-order valence-corrected chi connectivity index (χ3v) is 4.58. The molecule has 0 spiro atoms. The Morgan fingerprint density at radius 1 is 1.07 bits per heavy atom. The van der Waals surface area contributed by atoms with Gasteiger partial charge in [0.15, 0.2) is 0 Å². The Kier molecular flexibility index (Phi) is 4.54. The third kappa shape index (κ3) is 3.51. The van der Waals surface area contributed by atoms with Crippen molar-refractivity contribution in [3.63, 3.8) is 0 Å². The molecular formula is C21H20FN5. The van der Waals surface area contributed by atoms with E-state index in [9.17, 15) is 4.39 Å². The van der Waals surface area contributed by atoms with Crippen molar-refractivity contribution in [3.8, 4) is 0 Å². The summed E-state index contributed by atoms with van der Waals surface area (Å²) in [6.45, 7) is 4.03. The lowest BCUT2D eigenvalue weighted by Gasteiger charge is -2.22. The molecule has 4 aromatic rings. The Morgan fingerprint density at radius 2 is 1.89 bits per heavy atom. The van der Waals surface area contributed by atoms with Crippen LogP contribution >= 0.6 is 0 Å². The summed E-state index contributed by atoms with van der Waals surface area (Å²) >= 11 is 0. The van der Waals surface area contributed by atoms with Gasteiger partial charge in [-0.1, -0.05) is 43.3 Å². The number of aromatic nitrogens is 4. The van der Waals surface area contributed by atoms with Crippen molar-refractivity contribution in [2.45, 2.75) is 26.3 Å². The number of anilines is 1. The van der Waals surface area contributed by atoms with Gasteiger partial charge in [-0.2, -0.15) is 14.6 Å². The molecule has 0 saturated heterocycles. The maximum absolute atomic E-state index is 13.9. The molecule has 0 aliphatic carbocycles. The van der Waals surface area contributed by atoms with Gasteiger partial charge in [0.1, 0.15) is 18.0 Å². The number of benzene rings is 2. The second-order valence-electron chi connectivity index (χ2n) is 6.48. The zero-order chi connectivity index (χ0) is 18.8. The Hall–Kier alpha value is -3.28. The van der Waals surface area contributed by atoms with Crippen LogP contribution in [-0.2, 0) is 6.42 Å². The molecule has 0 fully saturated rings. The lowest BCUT2D eigenvalue weighted by molar-refractivity contribution is 0.624. The first-order valence-electron chi connectivity index (χ1n) is 8.92. The van der Waals surface area contributed by atoms with Crippen molar-refractivity contribution >= 4 is 11.6 Å². The SMILES string of the molecule is CCc1ccc([C@@H](Nc2cc(C)nc3ncnn23)c2cccc(F)c2)cc1. The Balaban J connectivity index is 1.80. The van der Waals surface area contributed by atoms with Gasteiger partial charge in [0, 0.05) is 11.8 Å². The zero-order valence-corrected chi connectivity index (χ0v) is 15.2. The van der Waals surface area contributed by atoms with Crippen molar-refractivity contribution in [2.24, 2.45) is 0 Å². The zero-order valence-electron chi connectivity index (χ0n) is 15.2. The number of rotatable bonds is 5. The van der Waals surface area contributed by atoms with Crippen molar-refractivity contribution in [1.82, 2.24) is 19.6 Å². The fraction of sp³-hybridized carbons (Fsp3) is 0.190. The molecule has 2 aromatic carbocycles. The van der Waals surface area contributed by atoms with E-state index in [0.29, 0.717) is 5.78 Å². The first-order valence-corrected chi connectivity index (χ1v) is 8.92. The highest BCUT2D eigenvalue weighted by Crippen LogP contribution is 2.28. The number of nitrogens with one attached hydrogen (secondary N) is 1. The molecule has 0 aliphatic heterocycles. The molecule has 1 atom stereocenters. The van der Waals surface area contributed by atoms with Gasteiger partial charge in [0.05, 0.1) is 6.04 Å².